The Labute approximate surface area is 144 Å². The van der Waals surface area contributed by atoms with Crippen molar-refractivity contribution in [3.63, 3.8) is 0 Å². The minimum absolute atomic E-state index is 0.0132. The summed E-state index contributed by atoms with van der Waals surface area (Å²) in [4.78, 5) is -0.0355. The van der Waals surface area contributed by atoms with Crippen LogP contribution in [0.15, 0.2) is 29.2 Å². The number of primary sulfonamides is 1. The van der Waals surface area contributed by atoms with Crippen molar-refractivity contribution in [3.05, 3.63) is 29.8 Å². The van der Waals surface area contributed by atoms with Gasteiger partial charge in [-0.2, -0.15) is 17.4 Å². The molecule has 0 saturated heterocycles. The van der Waals surface area contributed by atoms with E-state index in [4.69, 9.17) is 5.14 Å². The first-order valence-corrected chi connectivity index (χ1v) is 11.0. The van der Waals surface area contributed by atoms with Crippen molar-refractivity contribution in [3.8, 4) is 0 Å². The van der Waals surface area contributed by atoms with Gasteiger partial charge in [0, 0.05) is 19.1 Å². The van der Waals surface area contributed by atoms with E-state index in [-0.39, 0.29) is 10.9 Å². The number of sulfonamides is 1. The van der Waals surface area contributed by atoms with Gasteiger partial charge >= 0.3 is 0 Å². The van der Waals surface area contributed by atoms with Crippen LogP contribution in [0.3, 0.4) is 0 Å². The molecule has 1 saturated carbocycles. The molecule has 0 heterocycles. The second-order valence-corrected chi connectivity index (χ2v) is 9.59. The fourth-order valence-corrected chi connectivity index (χ4v) is 4.90. The van der Waals surface area contributed by atoms with E-state index in [1.807, 2.05) is 0 Å². The molecule has 3 N–H and O–H groups in total. The average molecular weight is 376 g/mol. The maximum atomic E-state index is 12.6. The van der Waals surface area contributed by atoms with E-state index in [1.54, 1.807) is 26.1 Å². The summed E-state index contributed by atoms with van der Waals surface area (Å²) in [5.41, 5.74) is 0.544. The largest absolute Gasteiger partial charge is 0.279 e. The molecule has 0 bridgehead atoms. The van der Waals surface area contributed by atoms with E-state index in [2.05, 4.69) is 4.72 Å². The van der Waals surface area contributed by atoms with E-state index in [0.717, 1.165) is 32.1 Å². The summed E-state index contributed by atoms with van der Waals surface area (Å²) < 4.78 is 52.0. The third kappa shape index (κ3) is 4.76. The van der Waals surface area contributed by atoms with E-state index < -0.39 is 26.3 Å². The summed E-state index contributed by atoms with van der Waals surface area (Å²) in [7, 11) is -5.89. The van der Waals surface area contributed by atoms with Gasteiger partial charge in [0.2, 0.25) is 10.0 Å². The van der Waals surface area contributed by atoms with Gasteiger partial charge in [-0.05, 0) is 37.5 Å². The van der Waals surface area contributed by atoms with E-state index >= 15 is 0 Å². The van der Waals surface area contributed by atoms with Crippen molar-refractivity contribution in [2.24, 2.45) is 5.14 Å². The third-order valence-corrected chi connectivity index (χ3v) is 7.10. The molecule has 24 heavy (non-hydrogen) atoms. The zero-order valence-electron chi connectivity index (χ0n) is 14.0. The monoisotopic (exact) mass is 375 g/mol. The maximum Gasteiger partial charge on any atom is 0.279 e. The Hall–Kier alpha value is -1.00. The highest BCUT2D eigenvalue weighted by atomic mass is 32.2. The lowest BCUT2D eigenvalue weighted by Gasteiger charge is -2.31. The van der Waals surface area contributed by atoms with Crippen LogP contribution in [0.2, 0.25) is 0 Å². The number of benzene rings is 1. The van der Waals surface area contributed by atoms with Gasteiger partial charge in [-0.15, -0.1) is 0 Å². The minimum atomic E-state index is -3.82. The molecule has 136 valence electrons. The average Bonchev–Trinajstić information content (AvgIpc) is 2.54. The van der Waals surface area contributed by atoms with Gasteiger partial charge < -0.3 is 0 Å². The summed E-state index contributed by atoms with van der Waals surface area (Å²) in [5, 5.41) is 5.12. The standard InChI is InChI=1S/C15H25N3O4S2/c1-12(13-7-6-10-15(11-13)23(16,19)20)17-24(21,22)18(2)14-8-4-3-5-9-14/h6-7,10-12,14,17H,3-5,8-9H2,1-2H3,(H2,16,19,20). The number of hydrogen-bond acceptors (Lipinski definition) is 4. The number of hydrogen-bond donors (Lipinski definition) is 2. The Kier molecular flexibility index (Phi) is 6.03. The molecule has 0 aliphatic heterocycles. The predicted octanol–water partition coefficient (Wildman–Crippen LogP) is 1.49. The first-order chi connectivity index (χ1) is 11.1. The highest BCUT2D eigenvalue weighted by molar-refractivity contribution is 7.89. The molecular weight excluding hydrogens is 350 g/mol. The van der Waals surface area contributed by atoms with Crippen LogP contribution in [0.1, 0.15) is 50.6 Å². The van der Waals surface area contributed by atoms with Gasteiger partial charge in [0.25, 0.3) is 10.2 Å². The first kappa shape index (κ1) is 19.3. The molecule has 7 nitrogen and oxygen atoms in total. The SMILES string of the molecule is CC(NS(=O)(=O)N(C)C1CCCCC1)c1cccc(S(N)(=O)=O)c1. The first-order valence-electron chi connectivity index (χ1n) is 7.99. The Morgan fingerprint density at radius 2 is 1.79 bits per heavy atom. The Bertz CT molecular complexity index is 772. The molecule has 1 unspecified atom stereocenters. The number of nitrogens with zero attached hydrogens (tertiary/aromatic N) is 1. The van der Waals surface area contributed by atoms with Gasteiger partial charge in [-0.25, -0.2) is 13.6 Å². The van der Waals surface area contributed by atoms with Crippen molar-refractivity contribution in [2.45, 2.75) is 56.0 Å². The molecule has 0 radical (unpaired) electrons. The number of rotatable bonds is 6. The van der Waals surface area contributed by atoms with Crippen LogP contribution in [0.5, 0.6) is 0 Å². The Balaban J connectivity index is 2.14. The number of nitrogens with two attached hydrogens (primary N) is 1. The molecular formula is C15H25N3O4S2. The highest BCUT2D eigenvalue weighted by Crippen LogP contribution is 2.24. The number of nitrogens with one attached hydrogen (secondary N) is 1. The zero-order valence-corrected chi connectivity index (χ0v) is 15.6. The van der Waals surface area contributed by atoms with Crippen molar-refractivity contribution in [1.82, 2.24) is 9.03 Å². The van der Waals surface area contributed by atoms with Crippen LogP contribution in [0.25, 0.3) is 0 Å². The van der Waals surface area contributed by atoms with Crippen molar-refractivity contribution >= 4 is 20.2 Å². The molecule has 9 heteroatoms. The van der Waals surface area contributed by atoms with Crippen LogP contribution < -0.4 is 9.86 Å². The molecule has 1 fully saturated rings. The second kappa shape index (κ2) is 7.49. The van der Waals surface area contributed by atoms with Gasteiger partial charge in [0.05, 0.1) is 4.90 Å². The molecule has 1 aromatic rings. The summed E-state index contributed by atoms with van der Waals surface area (Å²) in [5.74, 6) is 0. The molecule has 1 atom stereocenters. The molecule has 0 aromatic heterocycles. The van der Waals surface area contributed by atoms with E-state index in [0.29, 0.717) is 5.56 Å². The molecule has 0 spiro atoms. The smallest absolute Gasteiger partial charge is 0.225 e. The van der Waals surface area contributed by atoms with Crippen LogP contribution >= 0.6 is 0 Å². The molecule has 1 aromatic carbocycles. The van der Waals surface area contributed by atoms with Crippen LogP contribution in [-0.2, 0) is 20.2 Å². The lowest BCUT2D eigenvalue weighted by atomic mass is 9.96. The normalized spacial score (nSPS) is 18.7. The van der Waals surface area contributed by atoms with Crippen molar-refractivity contribution in [1.29, 1.82) is 0 Å². The fraction of sp³-hybridized carbons (Fsp3) is 0.600. The summed E-state index contributed by atoms with van der Waals surface area (Å²) in [6.07, 6.45) is 4.96. The molecule has 0 amide bonds. The quantitative estimate of drug-likeness (QED) is 0.785. The Morgan fingerprint density at radius 1 is 1.17 bits per heavy atom. The Morgan fingerprint density at radius 3 is 2.38 bits per heavy atom. The lowest BCUT2D eigenvalue weighted by Crippen LogP contribution is -2.45. The second-order valence-electron chi connectivity index (χ2n) is 6.27. The topological polar surface area (TPSA) is 110 Å². The maximum absolute atomic E-state index is 12.6. The van der Waals surface area contributed by atoms with Crippen molar-refractivity contribution < 1.29 is 16.8 Å². The molecule has 2 rings (SSSR count). The fourth-order valence-electron chi connectivity index (χ4n) is 2.98. The molecule has 1 aliphatic carbocycles. The summed E-state index contributed by atoms with van der Waals surface area (Å²) in [6, 6.07) is 5.44. The van der Waals surface area contributed by atoms with Gasteiger partial charge in [-0.3, -0.25) is 0 Å². The lowest BCUT2D eigenvalue weighted by molar-refractivity contribution is 0.281. The highest BCUT2D eigenvalue weighted by Gasteiger charge is 2.29. The van der Waals surface area contributed by atoms with Gasteiger partial charge in [0.15, 0.2) is 0 Å². The third-order valence-electron chi connectivity index (χ3n) is 4.48. The minimum Gasteiger partial charge on any atom is -0.225 e. The van der Waals surface area contributed by atoms with E-state index in [9.17, 15) is 16.8 Å². The van der Waals surface area contributed by atoms with Crippen LogP contribution in [-0.4, -0.2) is 34.2 Å². The predicted molar refractivity (Wildman–Crippen MR) is 92.9 cm³/mol. The van der Waals surface area contributed by atoms with Crippen LogP contribution in [0, 0.1) is 0 Å². The van der Waals surface area contributed by atoms with Crippen molar-refractivity contribution in [2.75, 3.05) is 7.05 Å². The van der Waals surface area contributed by atoms with Gasteiger partial charge in [-0.1, -0.05) is 31.4 Å². The summed E-state index contributed by atoms with van der Waals surface area (Å²) >= 11 is 0. The zero-order chi connectivity index (χ0) is 18.0. The molecule has 1 aliphatic rings. The van der Waals surface area contributed by atoms with Gasteiger partial charge in [0.1, 0.15) is 0 Å². The summed E-state index contributed by atoms with van der Waals surface area (Å²) in [6.45, 7) is 1.68. The van der Waals surface area contributed by atoms with Crippen LogP contribution in [0.4, 0.5) is 0 Å². The van der Waals surface area contributed by atoms with E-state index in [1.165, 1.54) is 16.4 Å².